The molecule has 2 rings (SSSR count). The molecular weight excluding hydrogens is 376 g/mol. The van der Waals surface area contributed by atoms with Gasteiger partial charge in [-0.1, -0.05) is 39.5 Å². The summed E-state index contributed by atoms with van der Waals surface area (Å²) in [5.41, 5.74) is 0. The molecule has 28 heavy (non-hydrogen) atoms. The molecule has 2 aliphatic rings. The second-order valence-corrected chi connectivity index (χ2v) is 12.0. The molecule has 0 amide bonds. The van der Waals surface area contributed by atoms with Crippen LogP contribution >= 0.6 is 0 Å². The summed E-state index contributed by atoms with van der Waals surface area (Å²) in [6.45, 7) is 15.4. The van der Waals surface area contributed by atoms with Gasteiger partial charge in [-0.05, 0) is 41.0 Å². The molecule has 0 N–H and O–H groups in total. The van der Waals surface area contributed by atoms with E-state index in [1.165, 1.54) is 25.7 Å². The zero-order chi connectivity index (χ0) is 21.0. The summed E-state index contributed by atoms with van der Waals surface area (Å²) in [5.74, 6) is -0.934. The molecule has 0 spiro atoms. The largest absolute Gasteiger partial charge is 0.346 e. The van der Waals surface area contributed by atoms with Crippen molar-refractivity contribution in [3.8, 4) is 0 Å². The summed E-state index contributed by atoms with van der Waals surface area (Å²) in [6.07, 6.45) is 6.44. The third kappa shape index (κ3) is 6.24. The minimum Gasteiger partial charge on any atom is -0.346 e. The third-order valence-electron chi connectivity index (χ3n) is 5.75. The van der Waals surface area contributed by atoms with Crippen molar-refractivity contribution in [3.63, 3.8) is 0 Å². The first kappa shape index (κ1) is 24.3. The van der Waals surface area contributed by atoms with Gasteiger partial charge in [-0.3, -0.25) is 4.21 Å². The van der Waals surface area contributed by atoms with E-state index in [-0.39, 0.29) is 22.9 Å². The fourth-order valence-electron chi connectivity index (χ4n) is 4.08. The van der Waals surface area contributed by atoms with Crippen LogP contribution in [0, 0.1) is 5.92 Å². The Hall–Kier alpha value is -0.0100. The highest BCUT2D eigenvalue weighted by atomic mass is 32.2. The quantitative estimate of drug-likeness (QED) is 0.504. The lowest BCUT2D eigenvalue weighted by Gasteiger charge is -2.50. The molecule has 5 nitrogen and oxygen atoms in total. The first-order valence-corrected chi connectivity index (χ1v) is 12.3. The van der Waals surface area contributed by atoms with Gasteiger partial charge >= 0.3 is 0 Å². The van der Waals surface area contributed by atoms with Crippen LogP contribution < -0.4 is 0 Å². The highest BCUT2D eigenvalue weighted by molar-refractivity contribution is 7.86. The Morgan fingerprint density at radius 3 is 2.18 bits per heavy atom. The Morgan fingerprint density at radius 2 is 1.61 bits per heavy atom. The molecular formula is C22H42O5S. The molecule has 6 heteroatoms. The van der Waals surface area contributed by atoms with Gasteiger partial charge in [0.1, 0.15) is 6.10 Å². The van der Waals surface area contributed by atoms with Crippen molar-refractivity contribution < 1.29 is 23.2 Å². The average molecular weight is 419 g/mol. The molecule has 4 atom stereocenters. The van der Waals surface area contributed by atoms with Crippen molar-refractivity contribution in [2.75, 3.05) is 19.0 Å². The van der Waals surface area contributed by atoms with E-state index in [1.54, 1.807) is 0 Å². The summed E-state index contributed by atoms with van der Waals surface area (Å²) in [6, 6.07) is 0. The summed E-state index contributed by atoms with van der Waals surface area (Å²) in [7, 11) is -0.990. The highest BCUT2D eigenvalue weighted by Gasteiger charge is 2.54. The lowest BCUT2D eigenvalue weighted by atomic mass is 9.87. The second-order valence-electron chi connectivity index (χ2n) is 9.75. The second kappa shape index (κ2) is 9.86. The van der Waals surface area contributed by atoms with Gasteiger partial charge in [0.2, 0.25) is 0 Å². The van der Waals surface area contributed by atoms with Gasteiger partial charge in [0, 0.05) is 27.9 Å². The zero-order valence-corrected chi connectivity index (χ0v) is 19.9. The van der Waals surface area contributed by atoms with Gasteiger partial charge in [-0.25, -0.2) is 0 Å². The molecule has 0 aromatic carbocycles. The van der Waals surface area contributed by atoms with Crippen LogP contribution in [0.2, 0.25) is 0 Å². The van der Waals surface area contributed by atoms with Crippen molar-refractivity contribution >= 4 is 10.8 Å². The molecule has 0 aliphatic carbocycles. The summed E-state index contributed by atoms with van der Waals surface area (Å²) >= 11 is 0. The maximum absolute atomic E-state index is 12.8. The molecule has 0 unspecified atom stereocenters. The van der Waals surface area contributed by atoms with Crippen LogP contribution in [0.15, 0.2) is 0 Å². The highest BCUT2D eigenvalue weighted by Crippen LogP contribution is 2.43. The number of hydrogen-bond acceptors (Lipinski definition) is 5. The average Bonchev–Trinajstić information content (AvgIpc) is 3.06. The van der Waals surface area contributed by atoms with Crippen molar-refractivity contribution in [3.05, 3.63) is 0 Å². The van der Waals surface area contributed by atoms with Crippen molar-refractivity contribution in [1.29, 1.82) is 0 Å². The fourth-order valence-corrected chi connectivity index (χ4v) is 5.25. The molecule has 0 bridgehead atoms. The minimum absolute atomic E-state index is 0.0352. The van der Waals surface area contributed by atoms with E-state index in [2.05, 4.69) is 13.8 Å². The number of rotatable bonds is 9. The van der Waals surface area contributed by atoms with E-state index in [4.69, 9.17) is 18.9 Å². The Bertz CT molecular complexity index is 508. The van der Waals surface area contributed by atoms with E-state index < -0.39 is 22.4 Å². The molecule has 2 aliphatic heterocycles. The smallest absolute Gasteiger partial charge is 0.195 e. The van der Waals surface area contributed by atoms with Crippen LogP contribution in [-0.2, 0) is 29.7 Å². The Labute approximate surface area is 174 Å². The normalized spacial score (nSPS) is 31.0. The van der Waals surface area contributed by atoms with Crippen LogP contribution in [0.4, 0.5) is 0 Å². The molecule has 0 saturated carbocycles. The first-order valence-electron chi connectivity index (χ1n) is 11.0. The zero-order valence-electron chi connectivity index (χ0n) is 19.0. The minimum atomic E-state index is -0.990. The first-order chi connectivity index (χ1) is 13.0. The molecule has 2 heterocycles. The lowest BCUT2D eigenvalue weighted by molar-refractivity contribution is -0.371. The number of unbranched alkanes of at least 4 members (excludes halogenated alkanes) is 4. The van der Waals surface area contributed by atoms with E-state index in [9.17, 15) is 4.21 Å². The van der Waals surface area contributed by atoms with Crippen molar-refractivity contribution in [1.82, 2.24) is 0 Å². The van der Waals surface area contributed by atoms with Gasteiger partial charge in [0.15, 0.2) is 11.6 Å². The van der Waals surface area contributed by atoms with E-state index in [0.29, 0.717) is 19.0 Å². The molecule has 2 fully saturated rings. The van der Waals surface area contributed by atoms with Crippen LogP contribution in [0.3, 0.4) is 0 Å². The lowest BCUT2D eigenvalue weighted by Crippen LogP contribution is -2.61. The van der Waals surface area contributed by atoms with Crippen molar-refractivity contribution in [2.45, 2.75) is 116 Å². The topological polar surface area (TPSA) is 54.0 Å². The molecule has 2 saturated heterocycles. The Balaban J connectivity index is 2.13. The summed E-state index contributed by atoms with van der Waals surface area (Å²) in [5, 5.41) is 0. The van der Waals surface area contributed by atoms with E-state index in [1.807, 2.05) is 34.6 Å². The summed E-state index contributed by atoms with van der Waals surface area (Å²) < 4.78 is 37.5. The third-order valence-corrected chi connectivity index (χ3v) is 7.74. The van der Waals surface area contributed by atoms with Crippen LogP contribution in [-0.4, -0.2) is 51.7 Å². The maximum Gasteiger partial charge on any atom is 0.195 e. The van der Waals surface area contributed by atoms with Gasteiger partial charge in [-0.15, -0.1) is 0 Å². The Kier molecular flexibility index (Phi) is 8.55. The molecule has 0 aromatic heterocycles. The van der Waals surface area contributed by atoms with Gasteiger partial charge < -0.3 is 18.9 Å². The maximum atomic E-state index is 12.8. The molecule has 0 radical (unpaired) electrons. The van der Waals surface area contributed by atoms with Gasteiger partial charge in [-0.2, -0.15) is 0 Å². The van der Waals surface area contributed by atoms with Crippen LogP contribution in [0.1, 0.15) is 87.0 Å². The van der Waals surface area contributed by atoms with Crippen LogP contribution in [0.25, 0.3) is 0 Å². The van der Waals surface area contributed by atoms with Crippen LogP contribution in [0.5, 0.6) is 0 Å². The molecule has 0 aromatic rings. The molecule has 166 valence electrons. The van der Waals surface area contributed by atoms with Gasteiger partial charge in [0.05, 0.1) is 25.1 Å². The number of ether oxygens (including phenoxy) is 4. The van der Waals surface area contributed by atoms with Gasteiger partial charge in [0.25, 0.3) is 0 Å². The van der Waals surface area contributed by atoms with E-state index in [0.717, 1.165) is 12.8 Å². The van der Waals surface area contributed by atoms with E-state index >= 15 is 0 Å². The predicted octanol–water partition coefficient (Wildman–Crippen LogP) is 4.79. The summed E-state index contributed by atoms with van der Waals surface area (Å²) in [4.78, 5) is 0. The monoisotopic (exact) mass is 418 g/mol. The standard InChI is InChI=1S/C22H42O5S/c1-8-9-10-11-12-13-22(24-14-15-25-22)19-17(2)18(26-21(6,7)27-19)16-28(23)20(3,4)5/h17-19H,8-16H2,1-7H3/t17-,18+,19+,28+/m0/s1. The Morgan fingerprint density at radius 1 is 1.00 bits per heavy atom. The number of hydrogen-bond donors (Lipinski definition) is 0. The predicted molar refractivity (Wildman–Crippen MR) is 114 cm³/mol. The van der Waals surface area contributed by atoms with Crippen molar-refractivity contribution in [2.24, 2.45) is 5.92 Å². The fraction of sp³-hybridized carbons (Fsp3) is 1.00. The SMILES string of the molecule is CCCCCCCC1([C@@H]2OC(C)(C)O[C@H](C[S@@](=O)C(C)(C)C)[C@@H]2C)OCCO1.